The summed E-state index contributed by atoms with van der Waals surface area (Å²) < 4.78 is 1.15. The highest BCUT2D eigenvalue weighted by molar-refractivity contribution is 9.10. The Morgan fingerprint density at radius 1 is 1.17 bits per heavy atom. The maximum absolute atomic E-state index is 4.45. The molecule has 0 amide bonds. The largest absolute Gasteiger partial charge is 0.294 e. The van der Waals surface area contributed by atoms with Crippen molar-refractivity contribution in [3.05, 3.63) is 64.4 Å². The summed E-state index contributed by atoms with van der Waals surface area (Å²) in [5.41, 5.74) is 2.71. The molecule has 1 unspecified atom stereocenters. The van der Waals surface area contributed by atoms with E-state index in [1.165, 1.54) is 37.2 Å². The summed E-state index contributed by atoms with van der Waals surface area (Å²) >= 11 is 3.53. The molecule has 3 rings (SSSR count). The zero-order valence-electron chi connectivity index (χ0n) is 14.0. The smallest absolute Gasteiger partial charge is 0.0404 e. The average molecular weight is 373 g/mol. The number of hydrogen-bond donors (Lipinski definition) is 0. The second-order valence-corrected chi connectivity index (χ2v) is 7.94. The van der Waals surface area contributed by atoms with Crippen LogP contribution in [0.25, 0.3) is 0 Å². The van der Waals surface area contributed by atoms with E-state index in [0.717, 1.165) is 16.8 Å². The Balaban J connectivity index is 1.59. The first-order chi connectivity index (χ1) is 11.1. The number of benzene rings is 1. The first-order valence-corrected chi connectivity index (χ1v) is 9.26. The van der Waals surface area contributed by atoms with Gasteiger partial charge in [-0.1, -0.05) is 34.1 Å². The number of nitrogens with zero attached hydrogens (tertiary/aromatic N) is 2. The average Bonchev–Trinajstić information content (AvgIpc) is 3.04. The fourth-order valence-electron chi connectivity index (χ4n) is 3.51. The Morgan fingerprint density at radius 3 is 2.65 bits per heavy atom. The molecule has 0 saturated carbocycles. The molecule has 0 aliphatic carbocycles. The van der Waals surface area contributed by atoms with Crippen LogP contribution in [0.5, 0.6) is 0 Å². The van der Waals surface area contributed by atoms with Gasteiger partial charge in [0.15, 0.2) is 0 Å². The topological polar surface area (TPSA) is 16.1 Å². The number of aromatic nitrogens is 1. The predicted octanol–water partition coefficient (Wildman–Crippen LogP) is 5.03. The first kappa shape index (κ1) is 16.7. The van der Waals surface area contributed by atoms with Crippen LogP contribution in [0, 0.1) is 5.92 Å². The molecular weight excluding hydrogens is 348 g/mol. The van der Waals surface area contributed by atoms with Crippen molar-refractivity contribution in [3.63, 3.8) is 0 Å². The summed E-state index contributed by atoms with van der Waals surface area (Å²) in [6.45, 7) is 7.07. The van der Waals surface area contributed by atoms with E-state index in [2.05, 4.69) is 76.1 Å². The van der Waals surface area contributed by atoms with Gasteiger partial charge in [-0.2, -0.15) is 0 Å². The van der Waals surface area contributed by atoms with Crippen molar-refractivity contribution in [1.29, 1.82) is 0 Å². The van der Waals surface area contributed by atoms with Crippen molar-refractivity contribution < 1.29 is 0 Å². The number of hydrogen-bond acceptors (Lipinski definition) is 2. The number of likely N-dealkylation sites (tertiary alicyclic amines) is 1. The highest BCUT2D eigenvalue weighted by atomic mass is 79.9. The number of rotatable bonds is 5. The molecule has 1 aliphatic rings. The fraction of sp³-hybridized carbons (Fsp3) is 0.450. The maximum Gasteiger partial charge on any atom is 0.0404 e. The summed E-state index contributed by atoms with van der Waals surface area (Å²) in [6.07, 6.45) is 5.53. The van der Waals surface area contributed by atoms with E-state index in [-0.39, 0.29) is 5.54 Å². The van der Waals surface area contributed by atoms with Gasteiger partial charge in [0.1, 0.15) is 0 Å². The molecule has 2 heterocycles. The van der Waals surface area contributed by atoms with Gasteiger partial charge in [-0.25, -0.2) is 0 Å². The van der Waals surface area contributed by atoms with Gasteiger partial charge in [0.2, 0.25) is 0 Å². The molecule has 2 nitrogen and oxygen atoms in total. The van der Waals surface area contributed by atoms with Crippen molar-refractivity contribution in [1.82, 2.24) is 9.88 Å². The van der Waals surface area contributed by atoms with Crippen LogP contribution in [0.1, 0.15) is 37.9 Å². The van der Waals surface area contributed by atoms with Gasteiger partial charge in [-0.3, -0.25) is 9.88 Å². The molecule has 23 heavy (non-hydrogen) atoms. The van der Waals surface area contributed by atoms with Crippen LogP contribution in [-0.4, -0.2) is 23.0 Å². The molecule has 1 aromatic heterocycles. The minimum absolute atomic E-state index is 0.0977. The molecule has 1 aliphatic heterocycles. The molecule has 1 saturated heterocycles. The SMILES string of the molecule is CC(C)(c1ccc(Br)cc1)N1CCC(CCc2ccccn2)C1. The Labute approximate surface area is 148 Å². The Morgan fingerprint density at radius 2 is 1.96 bits per heavy atom. The maximum atomic E-state index is 4.45. The van der Waals surface area contributed by atoms with Gasteiger partial charge < -0.3 is 0 Å². The van der Waals surface area contributed by atoms with Crippen LogP contribution in [0.3, 0.4) is 0 Å². The number of halogens is 1. The van der Waals surface area contributed by atoms with Gasteiger partial charge in [0, 0.05) is 28.4 Å². The summed E-state index contributed by atoms with van der Waals surface area (Å²) in [5.74, 6) is 0.784. The van der Waals surface area contributed by atoms with Crippen LogP contribution in [0.2, 0.25) is 0 Å². The molecule has 0 N–H and O–H groups in total. The lowest BCUT2D eigenvalue weighted by Gasteiger charge is -2.36. The van der Waals surface area contributed by atoms with E-state index >= 15 is 0 Å². The van der Waals surface area contributed by atoms with Gasteiger partial charge in [0.05, 0.1) is 0 Å². The fourth-order valence-corrected chi connectivity index (χ4v) is 3.78. The third-order valence-electron chi connectivity index (χ3n) is 5.16. The van der Waals surface area contributed by atoms with Crippen molar-refractivity contribution >= 4 is 15.9 Å². The molecule has 1 aromatic carbocycles. The number of aryl methyl sites for hydroxylation is 1. The third-order valence-corrected chi connectivity index (χ3v) is 5.69. The van der Waals surface area contributed by atoms with Gasteiger partial charge in [0.25, 0.3) is 0 Å². The second-order valence-electron chi connectivity index (χ2n) is 7.03. The molecule has 122 valence electrons. The van der Waals surface area contributed by atoms with Gasteiger partial charge >= 0.3 is 0 Å². The van der Waals surface area contributed by atoms with E-state index < -0.39 is 0 Å². The van der Waals surface area contributed by atoms with E-state index in [1.54, 1.807) is 0 Å². The number of pyridine rings is 1. The molecule has 1 atom stereocenters. The Kier molecular flexibility index (Phi) is 5.17. The van der Waals surface area contributed by atoms with Crippen LogP contribution < -0.4 is 0 Å². The molecule has 0 bridgehead atoms. The van der Waals surface area contributed by atoms with Gasteiger partial charge in [-0.15, -0.1) is 0 Å². The molecule has 0 radical (unpaired) electrons. The lowest BCUT2D eigenvalue weighted by Crippen LogP contribution is -2.39. The predicted molar refractivity (Wildman–Crippen MR) is 99.4 cm³/mol. The molecule has 3 heteroatoms. The Bertz CT molecular complexity index is 622. The van der Waals surface area contributed by atoms with E-state index in [9.17, 15) is 0 Å². The van der Waals surface area contributed by atoms with E-state index in [4.69, 9.17) is 0 Å². The summed E-state index contributed by atoms with van der Waals surface area (Å²) in [6, 6.07) is 15.0. The Hall–Kier alpha value is -1.19. The third kappa shape index (κ3) is 4.02. The lowest BCUT2D eigenvalue weighted by molar-refractivity contribution is 0.148. The van der Waals surface area contributed by atoms with Crippen LogP contribution in [0.15, 0.2) is 53.1 Å². The van der Waals surface area contributed by atoms with E-state index in [1.807, 2.05) is 12.3 Å². The molecule has 1 fully saturated rings. The zero-order chi connectivity index (χ0) is 16.3. The van der Waals surface area contributed by atoms with Gasteiger partial charge in [-0.05, 0) is 75.4 Å². The first-order valence-electron chi connectivity index (χ1n) is 8.47. The van der Waals surface area contributed by atoms with Crippen molar-refractivity contribution in [3.8, 4) is 0 Å². The monoisotopic (exact) mass is 372 g/mol. The highest BCUT2D eigenvalue weighted by Crippen LogP contribution is 2.34. The quantitative estimate of drug-likeness (QED) is 0.731. The van der Waals surface area contributed by atoms with Crippen LogP contribution >= 0.6 is 15.9 Å². The summed E-state index contributed by atoms with van der Waals surface area (Å²) in [5, 5.41) is 0. The molecule has 0 spiro atoms. The van der Waals surface area contributed by atoms with Crippen molar-refractivity contribution in [2.45, 2.75) is 38.6 Å². The van der Waals surface area contributed by atoms with E-state index in [0.29, 0.717) is 0 Å². The van der Waals surface area contributed by atoms with Crippen LogP contribution in [0.4, 0.5) is 0 Å². The standard InChI is InChI=1S/C20H25BrN2/c1-20(2,17-7-9-18(21)10-8-17)23-14-12-16(15-23)6-11-19-5-3-4-13-22-19/h3-5,7-10,13,16H,6,11-12,14-15H2,1-2H3. The zero-order valence-corrected chi connectivity index (χ0v) is 15.6. The normalized spacial score (nSPS) is 19.2. The van der Waals surface area contributed by atoms with Crippen molar-refractivity contribution in [2.24, 2.45) is 5.92 Å². The minimum Gasteiger partial charge on any atom is -0.294 e. The lowest BCUT2D eigenvalue weighted by atomic mass is 9.92. The second kappa shape index (κ2) is 7.14. The molecular formula is C20H25BrN2. The van der Waals surface area contributed by atoms with Crippen molar-refractivity contribution in [2.75, 3.05) is 13.1 Å². The summed E-state index contributed by atoms with van der Waals surface area (Å²) in [4.78, 5) is 7.08. The minimum atomic E-state index is 0.0977. The highest BCUT2D eigenvalue weighted by Gasteiger charge is 2.34. The van der Waals surface area contributed by atoms with Crippen LogP contribution in [-0.2, 0) is 12.0 Å². The summed E-state index contributed by atoms with van der Waals surface area (Å²) in [7, 11) is 0. The molecule has 2 aromatic rings.